The Balaban J connectivity index is 2.19. The van der Waals surface area contributed by atoms with Crippen molar-refractivity contribution >= 4 is 11.6 Å². The Morgan fingerprint density at radius 1 is 1.50 bits per heavy atom. The van der Waals surface area contributed by atoms with Gasteiger partial charge in [-0.2, -0.15) is 5.26 Å². The minimum Gasteiger partial charge on any atom is -0.198 e. The average molecular weight is 206 g/mol. The van der Waals surface area contributed by atoms with Crippen molar-refractivity contribution in [3.63, 3.8) is 0 Å². The molecule has 0 bridgehead atoms. The first kappa shape index (κ1) is 9.55. The van der Waals surface area contributed by atoms with E-state index in [1.165, 1.54) is 5.56 Å². The van der Waals surface area contributed by atoms with E-state index in [1.807, 2.05) is 19.1 Å². The lowest BCUT2D eigenvalue weighted by atomic mass is 9.97. The van der Waals surface area contributed by atoms with Gasteiger partial charge >= 0.3 is 0 Å². The Labute approximate surface area is 89.3 Å². The van der Waals surface area contributed by atoms with Gasteiger partial charge < -0.3 is 0 Å². The summed E-state index contributed by atoms with van der Waals surface area (Å²) in [6, 6.07) is 8.42. The third kappa shape index (κ3) is 1.76. The predicted octanol–water partition coefficient (Wildman–Crippen LogP) is 3.49. The maximum atomic E-state index is 8.97. The Kier molecular flexibility index (Phi) is 2.25. The summed E-state index contributed by atoms with van der Waals surface area (Å²) in [6.07, 6.45) is 2.97. The second kappa shape index (κ2) is 3.29. The lowest BCUT2D eigenvalue weighted by molar-refractivity contribution is 0.664. The second-order valence-corrected chi connectivity index (χ2v) is 4.56. The van der Waals surface area contributed by atoms with Crippen molar-refractivity contribution in [1.29, 1.82) is 5.26 Å². The number of nitriles is 1. The van der Waals surface area contributed by atoms with Gasteiger partial charge in [0, 0.05) is 5.02 Å². The first-order chi connectivity index (χ1) is 6.65. The van der Waals surface area contributed by atoms with Crippen LogP contribution in [0.4, 0.5) is 0 Å². The molecule has 72 valence electrons. The summed E-state index contributed by atoms with van der Waals surface area (Å²) in [5.41, 5.74) is 2.27. The predicted molar refractivity (Wildman–Crippen MR) is 57.2 cm³/mol. The van der Waals surface area contributed by atoms with Crippen LogP contribution >= 0.6 is 11.6 Å². The molecule has 0 aliphatic heterocycles. The fourth-order valence-corrected chi connectivity index (χ4v) is 1.80. The van der Waals surface area contributed by atoms with E-state index in [0.29, 0.717) is 0 Å². The number of halogens is 1. The van der Waals surface area contributed by atoms with Crippen molar-refractivity contribution in [2.24, 2.45) is 5.41 Å². The van der Waals surface area contributed by atoms with Gasteiger partial charge in [0.25, 0.3) is 0 Å². The van der Waals surface area contributed by atoms with Crippen molar-refractivity contribution < 1.29 is 0 Å². The van der Waals surface area contributed by atoms with Gasteiger partial charge in [-0.25, -0.2) is 0 Å². The zero-order valence-electron chi connectivity index (χ0n) is 8.18. The molecule has 14 heavy (non-hydrogen) atoms. The van der Waals surface area contributed by atoms with E-state index in [2.05, 4.69) is 12.1 Å². The fraction of sp³-hybridized carbons (Fsp3) is 0.417. The molecule has 1 aliphatic rings. The number of hydrogen-bond acceptors (Lipinski definition) is 1. The van der Waals surface area contributed by atoms with E-state index < -0.39 is 0 Å². The molecule has 0 spiro atoms. The van der Waals surface area contributed by atoms with E-state index >= 15 is 0 Å². The largest absolute Gasteiger partial charge is 0.198 e. The van der Waals surface area contributed by atoms with Gasteiger partial charge in [0.2, 0.25) is 0 Å². The molecular weight excluding hydrogens is 194 g/mol. The van der Waals surface area contributed by atoms with Gasteiger partial charge in [-0.1, -0.05) is 23.7 Å². The topological polar surface area (TPSA) is 23.8 Å². The van der Waals surface area contributed by atoms with E-state index in [-0.39, 0.29) is 5.41 Å². The first-order valence-corrected chi connectivity index (χ1v) is 5.19. The summed E-state index contributed by atoms with van der Waals surface area (Å²) in [5, 5.41) is 9.77. The maximum Gasteiger partial charge on any atom is 0.0693 e. The summed E-state index contributed by atoms with van der Waals surface area (Å²) >= 11 is 5.94. The van der Waals surface area contributed by atoms with E-state index in [1.54, 1.807) is 0 Å². The third-order valence-electron chi connectivity index (χ3n) is 2.86. The van der Waals surface area contributed by atoms with Gasteiger partial charge in [0.15, 0.2) is 0 Å². The molecule has 2 heteroatoms. The van der Waals surface area contributed by atoms with Gasteiger partial charge in [-0.05, 0) is 43.4 Å². The van der Waals surface area contributed by atoms with Crippen molar-refractivity contribution in [2.75, 3.05) is 0 Å². The first-order valence-electron chi connectivity index (χ1n) is 4.81. The van der Waals surface area contributed by atoms with Crippen LogP contribution in [0, 0.1) is 23.7 Å². The highest BCUT2D eigenvalue weighted by Gasteiger charge is 2.42. The molecule has 0 amide bonds. The molecule has 0 saturated heterocycles. The summed E-state index contributed by atoms with van der Waals surface area (Å²) in [7, 11) is 0. The molecule has 0 radical (unpaired) electrons. The van der Waals surface area contributed by atoms with Crippen molar-refractivity contribution in [1.82, 2.24) is 0 Å². The Bertz CT molecular complexity index is 399. The van der Waals surface area contributed by atoms with Crippen LogP contribution in [-0.4, -0.2) is 0 Å². The molecule has 0 heterocycles. The third-order valence-corrected chi connectivity index (χ3v) is 3.28. The molecule has 0 unspecified atom stereocenters. The Morgan fingerprint density at radius 3 is 2.71 bits per heavy atom. The zero-order valence-corrected chi connectivity index (χ0v) is 8.93. The highest BCUT2D eigenvalue weighted by atomic mass is 35.5. The average Bonchev–Trinajstić information content (AvgIpc) is 2.93. The molecule has 1 aromatic carbocycles. The fourth-order valence-electron chi connectivity index (χ4n) is 1.69. The number of rotatable bonds is 2. The molecule has 1 aromatic rings. The number of hydrogen-bond donors (Lipinski definition) is 0. The molecule has 1 fully saturated rings. The minimum absolute atomic E-state index is 0.0553. The Morgan fingerprint density at radius 2 is 2.21 bits per heavy atom. The van der Waals surface area contributed by atoms with Crippen molar-refractivity contribution in [2.45, 2.75) is 26.2 Å². The summed E-state index contributed by atoms with van der Waals surface area (Å²) in [6.45, 7) is 2.00. The molecule has 2 rings (SSSR count). The van der Waals surface area contributed by atoms with E-state index in [9.17, 15) is 0 Å². The molecule has 0 N–H and O–H groups in total. The number of benzene rings is 1. The molecule has 0 aromatic heterocycles. The van der Waals surface area contributed by atoms with Crippen molar-refractivity contribution in [3.8, 4) is 6.07 Å². The van der Waals surface area contributed by atoms with Crippen LogP contribution in [0.25, 0.3) is 0 Å². The quantitative estimate of drug-likeness (QED) is 0.725. The van der Waals surface area contributed by atoms with Crippen LogP contribution in [0.2, 0.25) is 5.02 Å². The molecular formula is C12H12ClN. The standard InChI is InChI=1S/C12H12ClN/c1-9-6-10(2-3-11(9)13)7-12(8-14)4-5-12/h2-3,6H,4-5,7H2,1H3. The second-order valence-electron chi connectivity index (χ2n) is 4.15. The molecule has 0 atom stereocenters. The molecule has 1 nitrogen and oxygen atoms in total. The van der Waals surface area contributed by atoms with Gasteiger partial charge in [0.05, 0.1) is 11.5 Å². The lowest BCUT2D eigenvalue weighted by Gasteiger charge is -2.07. The summed E-state index contributed by atoms with van der Waals surface area (Å²) in [4.78, 5) is 0. The summed E-state index contributed by atoms with van der Waals surface area (Å²) < 4.78 is 0. The number of nitrogens with zero attached hydrogens (tertiary/aromatic N) is 1. The van der Waals surface area contributed by atoms with Gasteiger partial charge in [-0.3, -0.25) is 0 Å². The zero-order chi connectivity index (χ0) is 10.2. The van der Waals surface area contributed by atoms with Crippen LogP contribution in [0.3, 0.4) is 0 Å². The van der Waals surface area contributed by atoms with Gasteiger partial charge in [0.1, 0.15) is 0 Å². The maximum absolute atomic E-state index is 8.97. The van der Waals surface area contributed by atoms with Crippen LogP contribution in [0.1, 0.15) is 24.0 Å². The summed E-state index contributed by atoms with van der Waals surface area (Å²) in [5.74, 6) is 0. The lowest BCUT2D eigenvalue weighted by Crippen LogP contribution is -2.01. The number of aryl methyl sites for hydroxylation is 1. The van der Waals surface area contributed by atoms with Crippen LogP contribution in [0.5, 0.6) is 0 Å². The highest BCUT2D eigenvalue weighted by Crippen LogP contribution is 2.47. The van der Waals surface area contributed by atoms with Gasteiger partial charge in [-0.15, -0.1) is 0 Å². The van der Waals surface area contributed by atoms with E-state index in [0.717, 1.165) is 29.8 Å². The minimum atomic E-state index is -0.0553. The smallest absolute Gasteiger partial charge is 0.0693 e. The normalized spacial score (nSPS) is 17.5. The van der Waals surface area contributed by atoms with Crippen LogP contribution in [0.15, 0.2) is 18.2 Å². The Hall–Kier alpha value is -1.000. The van der Waals surface area contributed by atoms with Crippen LogP contribution < -0.4 is 0 Å². The van der Waals surface area contributed by atoms with E-state index in [4.69, 9.17) is 16.9 Å². The molecule has 1 saturated carbocycles. The highest BCUT2D eigenvalue weighted by molar-refractivity contribution is 6.31. The van der Waals surface area contributed by atoms with Crippen molar-refractivity contribution in [3.05, 3.63) is 34.3 Å². The SMILES string of the molecule is Cc1cc(CC2(C#N)CC2)ccc1Cl. The van der Waals surface area contributed by atoms with Crippen LogP contribution in [-0.2, 0) is 6.42 Å². The monoisotopic (exact) mass is 205 g/mol. The molecule has 1 aliphatic carbocycles.